The van der Waals surface area contributed by atoms with E-state index in [2.05, 4.69) is 10.2 Å². The zero-order chi connectivity index (χ0) is 16.8. The highest BCUT2D eigenvalue weighted by Crippen LogP contribution is 2.21. The third-order valence-electron chi connectivity index (χ3n) is 3.95. The number of likely N-dealkylation sites (tertiary alicyclic amines) is 1. The highest BCUT2D eigenvalue weighted by Gasteiger charge is 2.33. The van der Waals surface area contributed by atoms with Crippen LogP contribution in [0.5, 0.6) is 0 Å². The van der Waals surface area contributed by atoms with Gasteiger partial charge in [0.15, 0.2) is 0 Å². The highest BCUT2D eigenvalue weighted by molar-refractivity contribution is 6.30. The van der Waals surface area contributed by atoms with Gasteiger partial charge in [0.05, 0.1) is 5.92 Å². The first kappa shape index (κ1) is 17.8. The van der Waals surface area contributed by atoms with E-state index in [1.54, 1.807) is 4.90 Å². The molecule has 0 spiro atoms. The van der Waals surface area contributed by atoms with E-state index in [0.29, 0.717) is 31.1 Å². The van der Waals surface area contributed by atoms with Crippen LogP contribution in [0.2, 0.25) is 5.02 Å². The summed E-state index contributed by atoms with van der Waals surface area (Å²) in [6.07, 6.45) is 1.21. The molecule has 2 amide bonds. The molecule has 1 aliphatic heterocycles. The van der Waals surface area contributed by atoms with E-state index >= 15 is 0 Å². The molecule has 2 rings (SSSR count). The molecule has 1 aliphatic rings. The van der Waals surface area contributed by atoms with Crippen LogP contribution in [0.4, 0.5) is 0 Å². The van der Waals surface area contributed by atoms with Crippen molar-refractivity contribution in [3.05, 3.63) is 34.9 Å². The van der Waals surface area contributed by atoms with Crippen LogP contribution < -0.4 is 5.32 Å². The van der Waals surface area contributed by atoms with Crippen LogP contribution in [0.15, 0.2) is 24.3 Å². The van der Waals surface area contributed by atoms with Crippen LogP contribution in [-0.4, -0.2) is 55.3 Å². The Bertz CT molecular complexity index is 545. The molecular weight excluding hydrogens is 314 g/mol. The molecule has 0 aromatic heterocycles. The van der Waals surface area contributed by atoms with Gasteiger partial charge in [-0.25, -0.2) is 0 Å². The third kappa shape index (κ3) is 5.52. The van der Waals surface area contributed by atoms with E-state index in [4.69, 9.17) is 11.6 Å². The number of benzene rings is 1. The van der Waals surface area contributed by atoms with Gasteiger partial charge >= 0.3 is 0 Å². The van der Waals surface area contributed by atoms with Crippen LogP contribution >= 0.6 is 11.6 Å². The number of rotatable bonds is 7. The second-order valence-electron chi connectivity index (χ2n) is 6.25. The maximum atomic E-state index is 12.2. The average molecular weight is 338 g/mol. The van der Waals surface area contributed by atoms with Gasteiger partial charge in [0, 0.05) is 31.1 Å². The number of carbonyl (C=O) groups is 2. The van der Waals surface area contributed by atoms with Crippen LogP contribution in [0.1, 0.15) is 18.4 Å². The lowest BCUT2D eigenvalue weighted by Crippen LogP contribution is -2.34. The molecule has 1 heterocycles. The van der Waals surface area contributed by atoms with Gasteiger partial charge < -0.3 is 15.1 Å². The van der Waals surface area contributed by atoms with Gasteiger partial charge in [-0.3, -0.25) is 9.59 Å². The van der Waals surface area contributed by atoms with Gasteiger partial charge in [0.25, 0.3) is 0 Å². The second-order valence-corrected chi connectivity index (χ2v) is 6.69. The first-order chi connectivity index (χ1) is 11.0. The van der Waals surface area contributed by atoms with E-state index in [1.807, 2.05) is 38.4 Å². The van der Waals surface area contributed by atoms with Crippen LogP contribution in [0.25, 0.3) is 0 Å². The maximum Gasteiger partial charge on any atom is 0.225 e. The smallest absolute Gasteiger partial charge is 0.225 e. The zero-order valence-corrected chi connectivity index (χ0v) is 14.5. The zero-order valence-electron chi connectivity index (χ0n) is 13.7. The summed E-state index contributed by atoms with van der Waals surface area (Å²) in [6, 6.07) is 7.44. The fourth-order valence-corrected chi connectivity index (χ4v) is 2.79. The number of nitrogens with one attached hydrogen (secondary N) is 1. The summed E-state index contributed by atoms with van der Waals surface area (Å²) < 4.78 is 0. The van der Waals surface area contributed by atoms with E-state index in [0.717, 1.165) is 18.5 Å². The molecule has 0 radical (unpaired) electrons. The van der Waals surface area contributed by atoms with Crippen molar-refractivity contribution in [1.82, 2.24) is 15.1 Å². The number of amides is 2. The predicted octanol–water partition coefficient (Wildman–Crippen LogP) is 1.76. The van der Waals surface area contributed by atoms with Crippen molar-refractivity contribution in [2.24, 2.45) is 5.92 Å². The fourth-order valence-electron chi connectivity index (χ4n) is 2.66. The number of nitrogens with zero attached hydrogens (tertiary/aromatic N) is 2. The lowest BCUT2D eigenvalue weighted by atomic mass is 10.1. The lowest BCUT2D eigenvalue weighted by Gasteiger charge is -2.17. The average Bonchev–Trinajstić information content (AvgIpc) is 2.87. The third-order valence-corrected chi connectivity index (χ3v) is 4.21. The summed E-state index contributed by atoms with van der Waals surface area (Å²) in [7, 11) is 4.01. The molecule has 1 N–H and O–H groups in total. The van der Waals surface area contributed by atoms with E-state index in [9.17, 15) is 9.59 Å². The van der Waals surface area contributed by atoms with Gasteiger partial charge in [0.2, 0.25) is 11.8 Å². The molecule has 1 fully saturated rings. The van der Waals surface area contributed by atoms with Gasteiger partial charge in [0.1, 0.15) is 0 Å². The summed E-state index contributed by atoms with van der Waals surface area (Å²) >= 11 is 5.87. The lowest BCUT2D eigenvalue weighted by molar-refractivity contribution is -0.129. The molecule has 126 valence electrons. The Balaban J connectivity index is 1.79. The van der Waals surface area contributed by atoms with Crippen molar-refractivity contribution >= 4 is 23.4 Å². The van der Waals surface area contributed by atoms with E-state index in [-0.39, 0.29) is 17.7 Å². The standard InChI is InChI=1S/C17H24ClN3O2/c1-20(2)9-3-8-19-17(23)14-10-16(22)21(12-14)11-13-4-6-15(18)7-5-13/h4-7,14H,3,8-12H2,1-2H3,(H,19,23). The molecule has 5 nitrogen and oxygen atoms in total. The molecule has 1 aromatic rings. The number of hydrogen-bond donors (Lipinski definition) is 1. The summed E-state index contributed by atoms with van der Waals surface area (Å²) in [5, 5.41) is 3.61. The first-order valence-electron chi connectivity index (χ1n) is 7.90. The largest absolute Gasteiger partial charge is 0.356 e. The molecule has 0 aliphatic carbocycles. The second kappa shape index (κ2) is 8.31. The Hall–Kier alpha value is -1.59. The van der Waals surface area contributed by atoms with Crippen molar-refractivity contribution < 1.29 is 9.59 Å². The molecule has 1 saturated heterocycles. The molecular formula is C17H24ClN3O2. The van der Waals surface area contributed by atoms with Crippen LogP contribution in [-0.2, 0) is 16.1 Å². The van der Waals surface area contributed by atoms with Crippen molar-refractivity contribution in [2.45, 2.75) is 19.4 Å². The van der Waals surface area contributed by atoms with Crippen molar-refractivity contribution in [1.29, 1.82) is 0 Å². The number of carbonyl (C=O) groups excluding carboxylic acids is 2. The number of halogens is 1. The summed E-state index contributed by atoms with van der Waals surface area (Å²) in [5.74, 6) is -0.224. The maximum absolute atomic E-state index is 12.2. The SMILES string of the molecule is CN(C)CCCNC(=O)C1CC(=O)N(Cc2ccc(Cl)cc2)C1. The van der Waals surface area contributed by atoms with E-state index in [1.165, 1.54) is 0 Å². The van der Waals surface area contributed by atoms with Crippen LogP contribution in [0, 0.1) is 5.92 Å². The molecule has 23 heavy (non-hydrogen) atoms. The molecule has 0 bridgehead atoms. The first-order valence-corrected chi connectivity index (χ1v) is 8.28. The summed E-state index contributed by atoms with van der Waals surface area (Å²) in [4.78, 5) is 28.1. The summed E-state index contributed by atoms with van der Waals surface area (Å²) in [5.41, 5.74) is 1.02. The van der Waals surface area contributed by atoms with Crippen LogP contribution in [0.3, 0.4) is 0 Å². The molecule has 0 saturated carbocycles. The Morgan fingerprint density at radius 1 is 1.35 bits per heavy atom. The normalized spacial score (nSPS) is 17.8. The fraction of sp³-hybridized carbons (Fsp3) is 0.529. The molecule has 1 aromatic carbocycles. The molecule has 6 heteroatoms. The van der Waals surface area contributed by atoms with Gasteiger partial charge in [-0.2, -0.15) is 0 Å². The molecule has 1 unspecified atom stereocenters. The minimum atomic E-state index is -0.242. The Morgan fingerprint density at radius 2 is 2.04 bits per heavy atom. The Morgan fingerprint density at radius 3 is 2.70 bits per heavy atom. The van der Waals surface area contributed by atoms with Crippen molar-refractivity contribution in [3.63, 3.8) is 0 Å². The summed E-state index contributed by atoms with van der Waals surface area (Å²) in [6.45, 7) is 2.60. The quantitative estimate of drug-likeness (QED) is 0.771. The Kier molecular flexibility index (Phi) is 6.42. The Labute approximate surface area is 142 Å². The topological polar surface area (TPSA) is 52.7 Å². The van der Waals surface area contributed by atoms with Crippen molar-refractivity contribution in [2.75, 3.05) is 33.7 Å². The van der Waals surface area contributed by atoms with Gasteiger partial charge in [-0.1, -0.05) is 23.7 Å². The van der Waals surface area contributed by atoms with Gasteiger partial charge in [-0.15, -0.1) is 0 Å². The minimum absolute atomic E-state index is 0.0179. The highest BCUT2D eigenvalue weighted by atomic mass is 35.5. The molecule has 1 atom stereocenters. The monoisotopic (exact) mass is 337 g/mol. The van der Waals surface area contributed by atoms with Gasteiger partial charge in [-0.05, 0) is 44.8 Å². The number of hydrogen-bond acceptors (Lipinski definition) is 3. The van der Waals surface area contributed by atoms with E-state index < -0.39 is 0 Å². The van der Waals surface area contributed by atoms with Crippen molar-refractivity contribution in [3.8, 4) is 0 Å². The predicted molar refractivity (Wildman–Crippen MR) is 91.2 cm³/mol. The minimum Gasteiger partial charge on any atom is -0.356 e.